The van der Waals surface area contributed by atoms with Gasteiger partial charge in [0.25, 0.3) is 0 Å². The van der Waals surface area contributed by atoms with Crippen molar-refractivity contribution in [3.63, 3.8) is 0 Å². The summed E-state index contributed by atoms with van der Waals surface area (Å²) in [4.78, 5) is 1.76. The lowest BCUT2D eigenvalue weighted by atomic mass is 10.2. The molecule has 0 atom stereocenters. The minimum absolute atomic E-state index is 0.0124. The number of nitrogens with two attached hydrogens (primary N) is 1. The molecule has 0 unspecified atom stereocenters. The van der Waals surface area contributed by atoms with Crippen molar-refractivity contribution in [3.8, 4) is 0 Å². The third-order valence-corrected chi connectivity index (χ3v) is 2.14. The minimum Gasteiger partial charge on any atom is -0.386 e. The molecule has 0 aliphatic carbocycles. The number of hydrogen-bond acceptors (Lipinski definition) is 4. The van der Waals surface area contributed by atoms with Crippen LogP contribution in [-0.4, -0.2) is 29.1 Å². The van der Waals surface area contributed by atoms with E-state index in [0.717, 1.165) is 12.1 Å². The van der Waals surface area contributed by atoms with E-state index in [1.54, 1.807) is 4.90 Å². The van der Waals surface area contributed by atoms with Gasteiger partial charge in [0.1, 0.15) is 12.6 Å². The molecule has 5 heteroatoms. The first-order valence-corrected chi connectivity index (χ1v) is 5.35. The molecule has 0 radical (unpaired) electrons. The average Bonchev–Trinajstić information content (AvgIpc) is 2.31. The van der Waals surface area contributed by atoms with Crippen LogP contribution in [-0.2, 0) is 0 Å². The van der Waals surface area contributed by atoms with Gasteiger partial charge in [0.2, 0.25) is 0 Å². The van der Waals surface area contributed by atoms with Crippen molar-refractivity contribution < 1.29 is 5.11 Å². The Morgan fingerprint density at radius 2 is 2.19 bits per heavy atom. The summed E-state index contributed by atoms with van der Waals surface area (Å²) >= 11 is 0. The SMILES string of the molecule is C=C(N/N=C(/N)CC)/C(C)=C\N(CC)CO. The van der Waals surface area contributed by atoms with Gasteiger partial charge in [-0.1, -0.05) is 13.5 Å². The minimum atomic E-state index is -0.0124. The Hall–Kier alpha value is -1.49. The standard InChI is InChI=1S/C11H22N4O/c1-5-11(12)14-13-10(4)9(3)7-15(6-2)8-16/h7,13,16H,4-6,8H2,1-3H3,(H2,12,14)/b9-7-. The normalized spacial score (nSPS) is 12.5. The highest BCUT2D eigenvalue weighted by molar-refractivity contribution is 5.79. The molecule has 0 rings (SSSR count). The molecule has 0 saturated carbocycles. The smallest absolute Gasteiger partial charge is 0.119 e. The number of aliphatic hydroxyl groups excluding tert-OH is 1. The summed E-state index contributed by atoms with van der Waals surface area (Å²) in [7, 11) is 0. The van der Waals surface area contributed by atoms with Crippen molar-refractivity contribution in [2.75, 3.05) is 13.3 Å². The maximum absolute atomic E-state index is 9.00. The lowest BCUT2D eigenvalue weighted by Crippen LogP contribution is -2.20. The van der Waals surface area contributed by atoms with Crippen molar-refractivity contribution in [2.24, 2.45) is 10.8 Å². The van der Waals surface area contributed by atoms with Crippen molar-refractivity contribution in [1.29, 1.82) is 0 Å². The second-order valence-electron chi connectivity index (χ2n) is 3.41. The van der Waals surface area contributed by atoms with Crippen LogP contribution in [0.1, 0.15) is 27.2 Å². The second kappa shape index (κ2) is 7.76. The topological polar surface area (TPSA) is 73.9 Å². The Labute approximate surface area is 97.3 Å². The average molecular weight is 226 g/mol. The van der Waals surface area contributed by atoms with E-state index in [1.807, 2.05) is 27.0 Å². The molecule has 4 N–H and O–H groups in total. The molecule has 0 aromatic carbocycles. The van der Waals surface area contributed by atoms with E-state index in [0.29, 0.717) is 18.0 Å². The first-order chi connectivity index (χ1) is 7.54. The fourth-order valence-electron chi connectivity index (χ4n) is 0.890. The summed E-state index contributed by atoms with van der Waals surface area (Å²) in [5, 5.41) is 12.9. The van der Waals surface area contributed by atoms with Gasteiger partial charge in [-0.2, -0.15) is 5.10 Å². The molecule has 0 amide bonds. The van der Waals surface area contributed by atoms with E-state index in [4.69, 9.17) is 10.8 Å². The van der Waals surface area contributed by atoms with Crippen LogP contribution in [0.5, 0.6) is 0 Å². The highest BCUT2D eigenvalue weighted by atomic mass is 16.3. The van der Waals surface area contributed by atoms with Crippen LogP contribution in [0.3, 0.4) is 0 Å². The molecule has 0 fully saturated rings. The fraction of sp³-hybridized carbons (Fsp3) is 0.545. The van der Waals surface area contributed by atoms with Gasteiger partial charge in [-0.3, -0.25) is 5.43 Å². The Morgan fingerprint density at radius 3 is 2.62 bits per heavy atom. The van der Waals surface area contributed by atoms with Gasteiger partial charge in [-0.25, -0.2) is 0 Å². The van der Waals surface area contributed by atoms with Crippen LogP contribution in [0.4, 0.5) is 0 Å². The first-order valence-electron chi connectivity index (χ1n) is 5.35. The van der Waals surface area contributed by atoms with Gasteiger partial charge < -0.3 is 15.7 Å². The zero-order valence-electron chi connectivity index (χ0n) is 10.3. The molecule has 0 aromatic heterocycles. The van der Waals surface area contributed by atoms with Crippen molar-refractivity contribution in [2.45, 2.75) is 27.2 Å². The lowest BCUT2D eigenvalue weighted by molar-refractivity contribution is 0.156. The Morgan fingerprint density at radius 1 is 1.56 bits per heavy atom. The summed E-state index contributed by atoms with van der Waals surface area (Å²) in [6.07, 6.45) is 2.52. The zero-order chi connectivity index (χ0) is 12.6. The molecule has 0 aliphatic heterocycles. The van der Waals surface area contributed by atoms with Crippen LogP contribution in [0.2, 0.25) is 0 Å². The maximum Gasteiger partial charge on any atom is 0.119 e. The predicted octanol–water partition coefficient (Wildman–Crippen LogP) is 0.947. The zero-order valence-corrected chi connectivity index (χ0v) is 10.3. The summed E-state index contributed by atoms with van der Waals surface area (Å²) in [5.41, 5.74) is 9.91. The molecule has 92 valence electrons. The Kier molecular flexibility index (Phi) is 7.03. The molecule has 0 heterocycles. The highest BCUT2D eigenvalue weighted by Crippen LogP contribution is 2.04. The van der Waals surface area contributed by atoms with E-state index < -0.39 is 0 Å². The van der Waals surface area contributed by atoms with Crippen LogP contribution < -0.4 is 11.2 Å². The van der Waals surface area contributed by atoms with E-state index in [-0.39, 0.29) is 6.73 Å². The maximum atomic E-state index is 9.00. The van der Waals surface area contributed by atoms with E-state index in [2.05, 4.69) is 17.1 Å². The number of hydrazone groups is 1. The van der Waals surface area contributed by atoms with E-state index in [9.17, 15) is 0 Å². The van der Waals surface area contributed by atoms with Gasteiger partial charge in [0, 0.05) is 19.2 Å². The first kappa shape index (κ1) is 14.5. The molecule has 16 heavy (non-hydrogen) atoms. The monoisotopic (exact) mass is 226 g/mol. The molecule has 0 bridgehead atoms. The van der Waals surface area contributed by atoms with Crippen LogP contribution >= 0.6 is 0 Å². The van der Waals surface area contributed by atoms with Crippen molar-refractivity contribution in [1.82, 2.24) is 10.3 Å². The Balaban J connectivity index is 4.38. The molecule has 5 nitrogen and oxygen atoms in total. The van der Waals surface area contributed by atoms with Crippen LogP contribution in [0.25, 0.3) is 0 Å². The van der Waals surface area contributed by atoms with E-state index >= 15 is 0 Å². The second-order valence-corrected chi connectivity index (χ2v) is 3.41. The summed E-state index contributed by atoms with van der Waals surface area (Å²) in [5.74, 6) is 0.531. The third kappa shape index (κ3) is 5.41. The number of rotatable bonds is 7. The number of allylic oxidation sites excluding steroid dienone is 1. The largest absolute Gasteiger partial charge is 0.386 e. The third-order valence-electron chi connectivity index (χ3n) is 2.14. The summed E-state index contributed by atoms with van der Waals surface area (Å²) in [6, 6.07) is 0. The highest BCUT2D eigenvalue weighted by Gasteiger charge is 1.99. The van der Waals surface area contributed by atoms with Crippen LogP contribution in [0, 0.1) is 0 Å². The summed E-state index contributed by atoms with van der Waals surface area (Å²) in [6.45, 7) is 10.3. The van der Waals surface area contributed by atoms with Crippen molar-refractivity contribution >= 4 is 5.84 Å². The number of aliphatic hydroxyl groups is 1. The van der Waals surface area contributed by atoms with Gasteiger partial charge in [0.15, 0.2) is 0 Å². The molecule has 0 spiro atoms. The quantitative estimate of drug-likeness (QED) is 0.199. The molecular weight excluding hydrogens is 204 g/mol. The molecule has 0 saturated heterocycles. The number of nitrogens with zero attached hydrogens (tertiary/aromatic N) is 2. The van der Waals surface area contributed by atoms with Crippen molar-refractivity contribution in [3.05, 3.63) is 24.0 Å². The van der Waals surface area contributed by atoms with Gasteiger partial charge in [-0.05, 0) is 19.4 Å². The fourth-order valence-corrected chi connectivity index (χ4v) is 0.890. The molecular formula is C11H22N4O. The predicted molar refractivity (Wildman–Crippen MR) is 67.4 cm³/mol. The van der Waals surface area contributed by atoms with E-state index in [1.165, 1.54) is 0 Å². The summed E-state index contributed by atoms with van der Waals surface area (Å²) < 4.78 is 0. The Bertz CT molecular complexity index is 280. The lowest BCUT2D eigenvalue weighted by Gasteiger charge is -2.16. The number of nitrogens with one attached hydrogen (secondary N) is 1. The van der Waals surface area contributed by atoms with Gasteiger partial charge >= 0.3 is 0 Å². The number of hydrogen-bond donors (Lipinski definition) is 3. The number of amidine groups is 1. The molecule has 0 aromatic rings. The van der Waals surface area contributed by atoms with Crippen LogP contribution in [0.15, 0.2) is 29.2 Å². The van der Waals surface area contributed by atoms with Gasteiger partial charge in [0.05, 0.1) is 5.70 Å². The molecule has 0 aliphatic rings. The van der Waals surface area contributed by atoms with Gasteiger partial charge in [-0.15, -0.1) is 0 Å².